The van der Waals surface area contributed by atoms with Gasteiger partial charge in [-0.25, -0.2) is 4.39 Å². The maximum atomic E-state index is 15.4. The van der Waals surface area contributed by atoms with Crippen molar-refractivity contribution in [2.45, 2.75) is 43.6 Å². The second kappa shape index (κ2) is 8.79. The summed E-state index contributed by atoms with van der Waals surface area (Å²) in [5, 5.41) is 11.4. The molecule has 10 heteroatoms. The summed E-state index contributed by atoms with van der Waals surface area (Å²) >= 11 is 0. The molecule has 3 fully saturated rings. The van der Waals surface area contributed by atoms with Gasteiger partial charge in [0.1, 0.15) is 11.5 Å². The third kappa shape index (κ3) is 4.96. The van der Waals surface area contributed by atoms with Crippen LogP contribution in [0.3, 0.4) is 0 Å². The Bertz CT molecular complexity index is 1030. The van der Waals surface area contributed by atoms with Crippen LogP contribution in [0.5, 0.6) is 0 Å². The van der Waals surface area contributed by atoms with Gasteiger partial charge in [0.15, 0.2) is 0 Å². The summed E-state index contributed by atoms with van der Waals surface area (Å²) in [6, 6.07) is 4.10. The van der Waals surface area contributed by atoms with Crippen LogP contribution in [0, 0.1) is 11.8 Å². The highest BCUT2D eigenvalue weighted by Gasteiger charge is 2.44. The van der Waals surface area contributed by atoms with E-state index in [1.54, 1.807) is 11.0 Å². The lowest BCUT2D eigenvalue weighted by atomic mass is 9.96. The Morgan fingerprint density at radius 3 is 2.48 bits per heavy atom. The van der Waals surface area contributed by atoms with E-state index in [4.69, 9.17) is 7.48 Å². The average molecular weight is 468 g/mol. The van der Waals surface area contributed by atoms with Crippen LogP contribution in [-0.4, -0.2) is 64.6 Å². The van der Waals surface area contributed by atoms with E-state index in [2.05, 4.69) is 20.5 Å². The first-order chi connectivity index (χ1) is 16.6. The van der Waals surface area contributed by atoms with Crippen LogP contribution in [0.4, 0.5) is 23.4 Å². The Morgan fingerprint density at radius 2 is 1.85 bits per heavy atom. The number of rotatable bonds is 5. The number of alkyl halides is 4. The molecular formula is C23H27F4N5O. The van der Waals surface area contributed by atoms with Gasteiger partial charge in [-0.2, -0.15) is 13.2 Å². The van der Waals surface area contributed by atoms with E-state index in [9.17, 15) is 13.2 Å². The number of hydrogen-bond donors (Lipinski definition) is 1. The van der Waals surface area contributed by atoms with Crippen molar-refractivity contribution in [3.05, 3.63) is 36.2 Å². The van der Waals surface area contributed by atoms with Crippen LogP contribution in [0.25, 0.3) is 11.3 Å². The van der Waals surface area contributed by atoms with Gasteiger partial charge in [-0.05, 0) is 42.9 Å². The Balaban J connectivity index is 1.20. The van der Waals surface area contributed by atoms with Crippen molar-refractivity contribution in [1.29, 1.82) is 0 Å². The number of likely N-dealkylation sites (tertiary alicyclic amines) is 1. The molecule has 2 aromatic rings. The molecule has 4 heterocycles. The summed E-state index contributed by atoms with van der Waals surface area (Å²) in [5.41, 5.74) is -2.75. The van der Waals surface area contributed by atoms with Crippen molar-refractivity contribution in [3.8, 4) is 11.3 Å². The number of fused-ring (bicyclic) bond motifs is 1. The summed E-state index contributed by atoms with van der Waals surface area (Å²) in [5.74, 6) is 0.944. The number of pyridine rings is 1. The second-order valence-electron chi connectivity index (χ2n) is 9.15. The van der Waals surface area contributed by atoms with Crippen LogP contribution < -0.4 is 5.32 Å². The largest absolute Gasteiger partial charge is 0.417 e. The smallest absolute Gasteiger partial charge is 0.381 e. The lowest BCUT2D eigenvalue weighted by Crippen LogP contribution is -2.43. The third-order valence-corrected chi connectivity index (χ3v) is 6.81. The lowest BCUT2D eigenvalue weighted by Gasteiger charge is -2.33. The van der Waals surface area contributed by atoms with Crippen molar-refractivity contribution < 1.29 is 25.0 Å². The maximum Gasteiger partial charge on any atom is 0.417 e. The second-order valence-corrected chi connectivity index (χ2v) is 9.15. The molecule has 2 aromatic heterocycles. The van der Waals surface area contributed by atoms with Crippen LogP contribution >= 0.6 is 0 Å². The first kappa shape index (κ1) is 20.1. The minimum absolute atomic E-state index is 0.0637. The molecule has 5 rings (SSSR count). The predicted octanol–water partition coefficient (Wildman–Crippen LogP) is 4.20. The van der Waals surface area contributed by atoms with Crippen LogP contribution in [0.1, 0.15) is 34.0 Å². The Morgan fingerprint density at radius 1 is 1.12 bits per heavy atom. The van der Waals surface area contributed by atoms with E-state index in [1.807, 2.05) is 0 Å². The SMILES string of the molecule is [2H]C([2H])(N1CC2CC(Nc3ccc(-c4cnccc4C(F)(F)F)nn3)CC2C1)C1(F)CCOCC1. The predicted molar refractivity (Wildman–Crippen MR) is 114 cm³/mol. The van der Waals surface area contributed by atoms with Gasteiger partial charge in [0, 0.05) is 72.4 Å². The molecule has 2 aliphatic heterocycles. The third-order valence-electron chi connectivity index (χ3n) is 6.81. The van der Waals surface area contributed by atoms with Gasteiger partial charge < -0.3 is 10.1 Å². The zero-order chi connectivity index (χ0) is 24.8. The van der Waals surface area contributed by atoms with Crippen LogP contribution in [-0.2, 0) is 10.9 Å². The van der Waals surface area contributed by atoms with Gasteiger partial charge in [-0.1, -0.05) is 0 Å². The standard InChI is InChI=1S/C23H27F4N5O/c24-22(4-7-33-8-5-22)14-32-12-15-9-17(10-16(15)13-32)29-21-2-1-20(30-31-21)18-11-28-6-3-19(18)23(25,26)27/h1-3,6,11,15-17H,4-5,7-10,12-14H2,(H,29,31)/i14D2. The van der Waals surface area contributed by atoms with E-state index in [-0.39, 0.29) is 55.2 Å². The fraction of sp³-hybridized carbons (Fsp3) is 0.609. The fourth-order valence-corrected chi connectivity index (χ4v) is 5.21. The average Bonchev–Trinajstić information content (AvgIpc) is 3.39. The summed E-state index contributed by atoms with van der Waals surface area (Å²) < 4.78 is 77.5. The molecular weight excluding hydrogens is 438 g/mol. The first-order valence-corrected chi connectivity index (χ1v) is 11.2. The molecule has 3 aliphatic rings. The van der Waals surface area contributed by atoms with Crippen molar-refractivity contribution in [3.63, 3.8) is 0 Å². The minimum Gasteiger partial charge on any atom is -0.381 e. The highest BCUT2D eigenvalue weighted by molar-refractivity contribution is 5.63. The molecule has 1 N–H and O–H groups in total. The number of halogens is 4. The zero-order valence-corrected chi connectivity index (χ0v) is 18.0. The number of hydrogen-bond acceptors (Lipinski definition) is 6. The first-order valence-electron chi connectivity index (χ1n) is 12.2. The van der Waals surface area contributed by atoms with Crippen LogP contribution in [0.2, 0.25) is 0 Å². The number of anilines is 1. The normalized spacial score (nSPS) is 28.8. The molecule has 0 bridgehead atoms. The highest BCUT2D eigenvalue weighted by Crippen LogP contribution is 2.41. The lowest BCUT2D eigenvalue weighted by molar-refractivity contribution is -0.137. The Hall–Kier alpha value is -2.33. The maximum absolute atomic E-state index is 15.4. The quantitative estimate of drug-likeness (QED) is 0.666. The molecule has 178 valence electrons. The van der Waals surface area contributed by atoms with Gasteiger partial charge >= 0.3 is 6.18 Å². The van der Waals surface area contributed by atoms with E-state index in [0.717, 1.165) is 31.3 Å². The minimum atomic E-state index is -4.52. The monoisotopic (exact) mass is 467 g/mol. The molecule has 0 spiro atoms. The zero-order valence-electron chi connectivity index (χ0n) is 20.0. The van der Waals surface area contributed by atoms with Gasteiger partial charge in [0.2, 0.25) is 0 Å². The molecule has 2 unspecified atom stereocenters. The molecule has 1 saturated carbocycles. The fourth-order valence-electron chi connectivity index (χ4n) is 5.21. The molecule has 0 aromatic carbocycles. The van der Waals surface area contributed by atoms with Crippen LogP contribution in [0.15, 0.2) is 30.6 Å². The van der Waals surface area contributed by atoms with Gasteiger partial charge in [-0.15, -0.1) is 10.2 Å². The Labute approximate surface area is 192 Å². The molecule has 0 radical (unpaired) electrons. The van der Waals surface area contributed by atoms with E-state index in [0.29, 0.717) is 18.9 Å². The topological polar surface area (TPSA) is 63.2 Å². The summed E-state index contributed by atoms with van der Waals surface area (Å²) in [4.78, 5) is 5.44. The number of nitrogens with zero attached hydrogens (tertiary/aromatic N) is 4. The van der Waals surface area contributed by atoms with E-state index >= 15 is 4.39 Å². The molecule has 2 saturated heterocycles. The molecule has 6 nitrogen and oxygen atoms in total. The Kier molecular flexibility index (Phi) is 5.35. The number of nitrogens with one attached hydrogen (secondary N) is 1. The number of aromatic nitrogens is 3. The summed E-state index contributed by atoms with van der Waals surface area (Å²) in [6.07, 6.45) is -0.606. The molecule has 1 aliphatic carbocycles. The van der Waals surface area contributed by atoms with Gasteiger partial charge in [0.05, 0.1) is 11.3 Å². The van der Waals surface area contributed by atoms with Crippen molar-refractivity contribution in [2.75, 3.05) is 38.1 Å². The van der Waals surface area contributed by atoms with Crippen molar-refractivity contribution in [2.24, 2.45) is 11.8 Å². The van der Waals surface area contributed by atoms with Crippen molar-refractivity contribution in [1.82, 2.24) is 20.1 Å². The van der Waals surface area contributed by atoms with Gasteiger partial charge in [0.25, 0.3) is 0 Å². The van der Waals surface area contributed by atoms with E-state index in [1.165, 1.54) is 6.07 Å². The number of ether oxygens (including phenoxy) is 1. The summed E-state index contributed by atoms with van der Waals surface area (Å²) in [6.45, 7) is -0.572. The van der Waals surface area contributed by atoms with E-state index < -0.39 is 23.9 Å². The van der Waals surface area contributed by atoms with Crippen molar-refractivity contribution >= 4 is 5.82 Å². The molecule has 2 atom stereocenters. The highest BCUT2D eigenvalue weighted by atomic mass is 19.4. The van der Waals surface area contributed by atoms with Gasteiger partial charge in [-0.3, -0.25) is 9.88 Å². The molecule has 0 amide bonds. The summed E-state index contributed by atoms with van der Waals surface area (Å²) in [7, 11) is 0. The molecule has 33 heavy (non-hydrogen) atoms.